The van der Waals surface area contributed by atoms with Gasteiger partial charge in [0.05, 0.1) is 5.54 Å². The van der Waals surface area contributed by atoms with Crippen molar-refractivity contribution in [2.24, 2.45) is 0 Å². The molecule has 0 aromatic heterocycles. The van der Waals surface area contributed by atoms with E-state index in [4.69, 9.17) is 12.2 Å². The highest BCUT2D eigenvalue weighted by molar-refractivity contribution is 7.80. The normalized spacial score (nSPS) is 18.3. The van der Waals surface area contributed by atoms with Crippen LogP contribution in [0.1, 0.15) is 98.8 Å². The van der Waals surface area contributed by atoms with Gasteiger partial charge in [-0.3, -0.25) is 4.90 Å². The fourth-order valence-electron chi connectivity index (χ4n) is 3.68. The van der Waals surface area contributed by atoms with Gasteiger partial charge in [0, 0.05) is 6.54 Å². The maximum Gasteiger partial charge on any atom is 0.320 e. The van der Waals surface area contributed by atoms with Gasteiger partial charge in [-0.2, -0.15) is 0 Å². The van der Waals surface area contributed by atoms with Crippen LogP contribution in [0, 0.1) is 0 Å². The maximum absolute atomic E-state index is 12.6. The van der Waals surface area contributed by atoms with Crippen molar-refractivity contribution in [3.63, 3.8) is 0 Å². The molecule has 1 rings (SSSR count). The quantitative estimate of drug-likeness (QED) is 0.380. The van der Waals surface area contributed by atoms with Gasteiger partial charge in [0.2, 0.25) is 0 Å². The fourth-order valence-corrected chi connectivity index (χ4v) is 4.02. The fraction of sp³-hybridized carbons (Fsp3) is 0.900. The van der Waals surface area contributed by atoms with E-state index in [1.54, 1.807) is 0 Å². The first kappa shape index (κ1) is 22.2. The largest absolute Gasteiger partial charge is 0.356 e. The van der Waals surface area contributed by atoms with Crippen molar-refractivity contribution in [1.82, 2.24) is 15.5 Å². The van der Waals surface area contributed by atoms with Crippen molar-refractivity contribution in [1.29, 1.82) is 0 Å². The van der Waals surface area contributed by atoms with Crippen LogP contribution in [0.4, 0.5) is 4.79 Å². The first-order chi connectivity index (χ1) is 11.7. The molecule has 0 aromatic rings. The second-order valence-corrected chi connectivity index (χ2v) is 8.73. The van der Waals surface area contributed by atoms with Crippen molar-refractivity contribution in [3.05, 3.63) is 0 Å². The molecule has 0 saturated carbocycles. The van der Waals surface area contributed by atoms with Crippen LogP contribution >= 0.6 is 12.2 Å². The molecule has 1 aliphatic rings. The van der Waals surface area contributed by atoms with Gasteiger partial charge < -0.3 is 10.6 Å². The summed E-state index contributed by atoms with van der Waals surface area (Å²) in [5, 5.41) is 6.32. The molecule has 1 heterocycles. The minimum Gasteiger partial charge on any atom is -0.356 e. The van der Waals surface area contributed by atoms with E-state index in [-0.39, 0.29) is 6.03 Å². The smallest absolute Gasteiger partial charge is 0.320 e. The van der Waals surface area contributed by atoms with Crippen molar-refractivity contribution in [2.45, 2.75) is 110 Å². The Bertz CT molecular complexity index is 435. The number of thiocarbonyl (C=S) groups is 1. The van der Waals surface area contributed by atoms with Crippen molar-refractivity contribution < 1.29 is 4.79 Å². The lowest BCUT2D eigenvalue weighted by Crippen LogP contribution is -2.58. The standard InChI is InChI=1S/C20H39N3OS/c1-6-7-8-9-10-11-12-13-14-15-16-21-18(24)23-19(2,3)17(25)22-20(23,4)5/h6-16H2,1-5H3,(H,21,24)(H,22,25). The number of carbonyl (C=O) groups excluding carboxylic acids is 1. The van der Waals surface area contributed by atoms with Gasteiger partial charge in [0.25, 0.3) is 0 Å². The van der Waals surface area contributed by atoms with E-state index in [1.165, 1.54) is 57.8 Å². The summed E-state index contributed by atoms with van der Waals surface area (Å²) >= 11 is 5.40. The Morgan fingerprint density at radius 3 is 1.88 bits per heavy atom. The second kappa shape index (κ2) is 10.3. The molecule has 146 valence electrons. The third kappa shape index (κ3) is 6.76. The Balaban J connectivity index is 2.14. The lowest BCUT2D eigenvalue weighted by Gasteiger charge is -2.38. The van der Waals surface area contributed by atoms with E-state index in [0.717, 1.165) is 18.0 Å². The van der Waals surface area contributed by atoms with Gasteiger partial charge in [0.1, 0.15) is 10.7 Å². The number of hydrogen-bond donors (Lipinski definition) is 2. The molecule has 1 fully saturated rings. The van der Waals surface area contributed by atoms with Crippen LogP contribution < -0.4 is 10.6 Å². The lowest BCUT2D eigenvalue weighted by molar-refractivity contribution is 0.108. The molecule has 0 atom stereocenters. The number of nitrogens with zero attached hydrogens (tertiary/aromatic N) is 1. The van der Waals surface area contributed by atoms with Crippen LogP contribution in [-0.2, 0) is 0 Å². The highest BCUT2D eigenvalue weighted by Crippen LogP contribution is 2.31. The summed E-state index contributed by atoms with van der Waals surface area (Å²) in [6, 6.07) is -0.0294. The Hall–Kier alpha value is -0.840. The Labute approximate surface area is 160 Å². The van der Waals surface area contributed by atoms with Gasteiger partial charge in [-0.1, -0.05) is 76.9 Å². The summed E-state index contributed by atoms with van der Waals surface area (Å²) in [6.45, 7) is 11.0. The predicted molar refractivity (Wildman–Crippen MR) is 111 cm³/mol. The van der Waals surface area contributed by atoms with Gasteiger partial charge in [-0.15, -0.1) is 0 Å². The van der Waals surface area contributed by atoms with E-state index in [0.29, 0.717) is 0 Å². The molecule has 0 aromatic carbocycles. The minimum atomic E-state index is -0.444. The number of unbranched alkanes of at least 4 members (excludes halogenated alkanes) is 9. The van der Waals surface area contributed by atoms with Crippen LogP contribution in [0.3, 0.4) is 0 Å². The average Bonchev–Trinajstić information content (AvgIpc) is 2.68. The molecule has 0 unspecified atom stereocenters. The molecular weight excluding hydrogens is 330 g/mol. The summed E-state index contributed by atoms with van der Waals surface area (Å²) in [5.41, 5.74) is -0.886. The number of hydrogen-bond acceptors (Lipinski definition) is 2. The maximum atomic E-state index is 12.6. The summed E-state index contributed by atoms with van der Waals surface area (Å²) in [4.78, 5) is 15.2. The summed E-state index contributed by atoms with van der Waals surface area (Å²) in [7, 11) is 0. The van der Waals surface area contributed by atoms with Crippen LogP contribution in [-0.4, -0.2) is 33.7 Å². The zero-order chi connectivity index (χ0) is 18.9. The molecule has 5 heteroatoms. The van der Waals surface area contributed by atoms with Gasteiger partial charge in [-0.05, 0) is 34.1 Å². The SMILES string of the molecule is CCCCCCCCCCCCNC(=O)N1C(C)(C)NC(=S)C1(C)C. The number of amides is 2. The molecule has 25 heavy (non-hydrogen) atoms. The Morgan fingerprint density at radius 2 is 1.44 bits per heavy atom. The number of nitrogens with one attached hydrogen (secondary N) is 2. The number of urea groups is 1. The predicted octanol–water partition coefficient (Wildman–Crippen LogP) is 5.36. The Kier molecular flexibility index (Phi) is 9.19. The molecule has 2 amide bonds. The molecule has 0 radical (unpaired) electrons. The number of carbonyl (C=O) groups is 1. The van der Waals surface area contributed by atoms with Gasteiger partial charge in [-0.25, -0.2) is 4.79 Å². The average molecular weight is 370 g/mol. The summed E-state index contributed by atoms with van der Waals surface area (Å²) in [6.07, 6.45) is 13.1. The molecule has 1 saturated heterocycles. The van der Waals surface area contributed by atoms with Crippen molar-refractivity contribution in [2.75, 3.05) is 6.54 Å². The molecule has 2 N–H and O–H groups in total. The van der Waals surface area contributed by atoms with Gasteiger partial charge in [0.15, 0.2) is 0 Å². The van der Waals surface area contributed by atoms with E-state index in [2.05, 4.69) is 17.6 Å². The van der Waals surface area contributed by atoms with E-state index in [1.807, 2.05) is 32.6 Å². The minimum absolute atomic E-state index is 0.0294. The number of rotatable bonds is 11. The highest BCUT2D eigenvalue weighted by atomic mass is 32.1. The Morgan fingerprint density at radius 1 is 0.960 bits per heavy atom. The topological polar surface area (TPSA) is 44.4 Å². The summed E-state index contributed by atoms with van der Waals surface area (Å²) < 4.78 is 0. The zero-order valence-electron chi connectivity index (χ0n) is 17.0. The van der Waals surface area contributed by atoms with Crippen LogP contribution in [0.5, 0.6) is 0 Å². The first-order valence-electron chi connectivity index (χ1n) is 10.1. The van der Waals surface area contributed by atoms with Crippen molar-refractivity contribution >= 4 is 23.2 Å². The van der Waals surface area contributed by atoms with Gasteiger partial charge >= 0.3 is 6.03 Å². The molecule has 0 aliphatic carbocycles. The molecule has 0 spiro atoms. The van der Waals surface area contributed by atoms with Crippen LogP contribution in [0.25, 0.3) is 0 Å². The van der Waals surface area contributed by atoms with E-state index >= 15 is 0 Å². The second-order valence-electron chi connectivity index (χ2n) is 8.32. The zero-order valence-corrected chi connectivity index (χ0v) is 17.9. The van der Waals surface area contributed by atoms with E-state index < -0.39 is 11.2 Å². The third-order valence-corrected chi connectivity index (χ3v) is 5.70. The van der Waals surface area contributed by atoms with Crippen LogP contribution in [0.2, 0.25) is 0 Å². The lowest BCUT2D eigenvalue weighted by atomic mass is 10.0. The first-order valence-corrected chi connectivity index (χ1v) is 10.5. The molecular formula is C20H39N3OS. The molecule has 0 bridgehead atoms. The van der Waals surface area contributed by atoms with Crippen LogP contribution in [0.15, 0.2) is 0 Å². The summed E-state index contributed by atoms with van der Waals surface area (Å²) in [5.74, 6) is 0. The monoisotopic (exact) mass is 369 g/mol. The highest BCUT2D eigenvalue weighted by Gasteiger charge is 2.50. The van der Waals surface area contributed by atoms with Crippen molar-refractivity contribution in [3.8, 4) is 0 Å². The third-order valence-electron chi connectivity index (χ3n) is 5.10. The molecule has 1 aliphatic heterocycles. The van der Waals surface area contributed by atoms with E-state index in [9.17, 15) is 4.79 Å². The molecule has 4 nitrogen and oxygen atoms in total.